The Morgan fingerprint density at radius 2 is 2.40 bits per heavy atom. The van der Waals surface area contributed by atoms with E-state index in [1.165, 1.54) is 6.20 Å². The van der Waals surface area contributed by atoms with Gasteiger partial charge >= 0.3 is 0 Å². The van der Waals surface area contributed by atoms with E-state index in [-0.39, 0.29) is 18.2 Å². The van der Waals surface area contributed by atoms with Crippen molar-refractivity contribution in [2.24, 2.45) is 10.7 Å². The first-order chi connectivity index (χ1) is 7.08. The molecular formula is C10H14FN3O. The number of hydrogen-bond acceptors (Lipinski definition) is 4. The molecule has 2 aliphatic heterocycles. The Labute approximate surface area is 87.9 Å². The number of halogens is 1. The first-order valence-corrected chi connectivity index (χ1v) is 4.92. The van der Waals surface area contributed by atoms with Gasteiger partial charge in [0.2, 0.25) is 0 Å². The molecule has 0 radical (unpaired) electrons. The minimum absolute atomic E-state index is 0.123. The Hall–Kier alpha value is -1.36. The minimum Gasteiger partial charge on any atom is -0.381 e. The average molecular weight is 211 g/mol. The highest BCUT2D eigenvalue weighted by Gasteiger charge is 2.29. The summed E-state index contributed by atoms with van der Waals surface area (Å²) in [5.74, 6) is -0.235. The Bertz CT molecular complexity index is 351. The molecule has 0 aliphatic carbocycles. The van der Waals surface area contributed by atoms with E-state index in [4.69, 9.17) is 10.5 Å². The van der Waals surface area contributed by atoms with Gasteiger partial charge < -0.3 is 15.4 Å². The van der Waals surface area contributed by atoms with E-state index in [2.05, 4.69) is 11.6 Å². The molecule has 2 heterocycles. The zero-order valence-corrected chi connectivity index (χ0v) is 8.61. The van der Waals surface area contributed by atoms with Crippen LogP contribution in [0.25, 0.3) is 0 Å². The predicted molar refractivity (Wildman–Crippen MR) is 55.4 cm³/mol. The maximum atomic E-state index is 13.2. The summed E-state index contributed by atoms with van der Waals surface area (Å²) in [7, 11) is 0. The van der Waals surface area contributed by atoms with Crippen molar-refractivity contribution in [3.8, 4) is 0 Å². The summed E-state index contributed by atoms with van der Waals surface area (Å²) >= 11 is 0. The Kier molecular flexibility index (Phi) is 2.48. The standard InChI is InChI=1S/C10H14FN3O/c1-6-3-4-9(15-6)14-5-8(11)10(12)13-7(14)2/h5-6,9H,2-4H2,1H3,(H2,12,13). The van der Waals surface area contributed by atoms with E-state index in [9.17, 15) is 4.39 Å². The number of hydrogen-bond donors (Lipinski definition) is 1. The van der Waals surface area contributed by atoms with Crippen molar-refractivity contribution in [1.82, 2.24) is 4.90 Å². The molecule has 1 saturated heterocycles. The minimum atomic E-state index is -0.537. The molecule has 2 N–H and O–H groups in total. The summed E-state index contributed by atoms with van der Waals surface area (Å²) in [6.45, 7) is 5.71. The van der Waals surface area contributed by atoms with Crippen LogP contribution in [-0.4, -0.2) is 23.1 Å². The average Bonchev–Trinajstić information content (AvgIpc) is 2.58. The van der Waals surface area contributed by atoms with E-state index >= 15 is 0 Å². The van der Waals surface area contributed by atoms with Crippen LogP contribution in [0.2, 0.25) is 0 Å². The second-order valence-corrected chi connectivity index (χ2v) is 3.78. The lowest BCUT2D eigenvalue weighted by Gasteiger charge is -2.29. The van der Waals surface area contributed by atoms with E-state index in [0.717, 1.165) is 12.8 Å². The molecule has 5 heteroatoms. The molecule has 0 aromatic heterocycles. The van der Waals surface area contributed by atoms with Gasteiger partial charge in [-0.15, -0.1) is 0 Å². The second-order valence-electron chi connectivity index (χ2n) is 3.78. The van der Waals surface area contributed by atoms with Gasteiger partial charge in [-0.05, 0) is 19.8 Å². The number of amidine groups is 1. The summed E-state index contributed by atoms with van der Waals surface area (Å²) in [5.41, 5.74) is 5.34. The molecule has 0 aromatic rings. The van der Waals surface area contributed by atoms with Gasteiger partial charge in [-0.25, -0.2) is 9.38 Å². The van der Waals surface area contributed by atoms with Crippen molar-refractivity contribution in [2.75, 3.05) is 0 Å². The normalized spacial score (nSPS) is 31.6. The van der Waals surface area contributed by atoms with E-state index in [1.54, 1.807) is 4.90 Å². The molecule has 2 atom stereocenters. The molecule has 2 unspecified atom stereocenters. The van der Waals surface area contributed by atoms with Crippen LogP contribution in [0.5, 0.6) is 0 Å². The molecule has 0 bridgehead atoms. The zero-order chi connectivity index (χ0) is 11.0. The van der Waals surface area contributed by atoms with Crippen molar-refractivity contribution >= 4 is 5.84 Å². The van der Waals surface area contributed by atoms with Crippen LogP contribution in [0.15, 0.2) is 29.4 Å². The molecule has 0 spiro atoms. The zero-order valence-electron chi connectivity index (χ0n) is 8.61. The van der Waals surface area contributed by atoms with Crippen LogP contribution in [-0.2, 0) is 4.74 Å². The van der Waals surface area contributed by atoms with Crippen molar-refractivity contribution in [2.45, 2.75) is 32.1 Å². The number of nitrogens with two attached hydrogens (primary N) is 1. The van der Waals surface area contributed by atoms with Gasteiger partial charge in [0.25, 0.3) is 0 Å². The molecule has 0 amide bonds. The van der Waals surface area contributed by atoms with Gasteiger partial charge in [-0.2, -0.15) is 0 Å². The van der Waals surface area contributed by atoms with E-state index < -0.39 is 5.83 Å². The van der Waals surface area contributed by atoms with Gasteiger partial charge in [-0.1, -0.05) is 6.58 Å². The summed E-state index contributed by atoms with van der Waals surface area (Å²) < 4.78 is 18.8. The van der Waals surface area contributed by atoms with Crippen molar-refractivity contribution < 1.29 is 9.13 Å². The fourth-order valence-corrected chi connectivity index (χ4v) is 1.75. The fourth-order valence-electron chi connectivity index (χ4n) is 1.75. The van der Waals surface area contributed by atoms with Crippen molar-refractivity contribution in [3.63, 3.8) is 0 Å². The molecule has 0 aromatic carbocycles. The number of rotatable bonds is 1. The molecular weight excluding hydrogens is 197 g/mol. The Balaban J connectivity index is 2.14. The monoisotopic (exact) mass is 211 g/mol. The van der Waals surface area contributed by atoms with Gasteiger partial charge in [-0.3, -0.25) is 0 Å². The van der Waals surface area contributed by atoms with E-state index in [0.29, 0.717) is 5.82 Å². The van der Waals surface area contributed by atoms with Crippen LogP contribution < -0.4 is 5.73 Å². The lowest BCUT2D eigenvalue weighted by molar-refractivity contribution is -0.0137. The number of ether oxygens (including phenoxy) is 1. The molecule has 0 saturated carbocycles. The largest absolute Gasteiger partial charge is 0.381 e. The summed E-state index contributed by atoms with van der Waals surface area (Å²) in [6.07, 6.45) is 3.13. The molecule has 2 rings (SSSR count). The predicted octanol–water partition coefficient (Wildman–Crippen LogP) is 1.47. The topological polar surface area (TPSA) is 50.8 Å². The summed E-state index contributed by atoms with van der Waals surface area (Å²) in [6, 6.07) is 0. The highest BCUT2D eigenvalue weighted by Crippen LogP contribution is 2.28. The summed E-state index contributed by atoms with van der Waals surface area (Å²) in [4.78, 5) is 5.41. The van der Waals surface area contributed by atoms with Gasteiger partial charge in [0.05, 0.1) is 6.10 Å². The third-order valence-electron chi connectivity index (χ3n) is 2.56. The van der Waals surface area contributed by atoms with Gasteiger partial charge in [0.15, 0.2) is 11.7 Å². The molecule has 2 aliphatic rings. The van der Waals surface area contributed by atoms with Crippen LogP contribution in [0, 0.1) is 0 Å². The first-order valence-electron chi connectivity index (χ1n) is 4.92. The van der Waals surface area contributed by atoms with Crippen molar-refractivity contribution in [1.29, 1.82) is 0 Å². The second kappa shape index (κ2) is 3.66. The van der Waals surface area contributed by atoms with Crippen LogP contribution in [0.3, 0.4) is 0 Å². The van der Waals surface area contributed by atoms with Crippen LogP contribution in [0.4, 0.5) is 4.39 Å². The Morgan fingerprint density at radius 1 is 1.67 bits per heavy atom. The maximum absolute atomic E-state index is 13.2. The first kappa shape index (κ1) is 10.2. The smallest absolute Gasteiger partial charge is 0.181 e. The summed E-state index contributed by atoms with van der Waals surface area (Å²) in [5, 5.41) is 0. The molecule has 4 nitrogen and oxygen atoms in total. The molecule has 82 valence electrons. The SMILES string of the molecule is C=C1N=C(N)C(F)=CN1C1CCC(C)O1. The molecule has 1 fully saturated rings. The highest BCUT2D eigenvalue weighted by atomic mass is 19.1. The number of aliphatic imine (C=N–C) groups is 1. The Morgan fingerprint density at radius 3 is 3.00 bits per heavy atom. The number of nitrogens with zero attached hydrogens (tertiary/aromatic N) is 2. The van der Waals surface area contributed by atoms with E-state index in [1.807, 2.05) is 6.92 Å². The highest BCUT2D eigenvalue weighted by molar-refractivity contribution is 5.96. The lowest BCUT2D eigenvalue weighted by Crippen LogP contribution is -2.33. The fraction of sp³-hybridized carbons (Fsp3) is 0.500. The van der Waals surface area contributed by atoms with Crippen LogP contribution >= 0.6 is 0 Å². The third-order valence-corrected chi connectivity index (χ3v) is 2.56. The van der Waals surface area contributed by atoms with Gasteiger partial charge in [0.1, 0.15) is 12.0 Å². The maximum Gasteiger partial charge on any atom is 0.181 e. The van der Waals surface area contributed by atoms with Gasteiger partial charge in [0, 0.05) is 6.20 Å². The quantitative estimate of drug-likeness (QED) is 0.714. The lowest BCUT2D eigenvalue weighted by atomic mass is 10.2. The molecule has 15 heavy (non-hydrogen) atoms. The van der Waals surface area contributed by atoms with Crippen LogP contribution in [0.1, 0.15) is 19.8 Å². The third kappa shape index (κ3) is 1.87. The van der Waals surface area contributed by atoms with Crippen molar-refractivity contribution in [3.05, 3.63) is 24.4 Å².